The topological polar surface area (TPSA) is 49.4 Å². The van der Waals surface area contributed by atoms with Gasteiger partial charge in [0.1, 0.15) is 12.4 Å². The van der Waals surface area contributed by atoms with E-state index < -0.39 is 5.97 Å². The Morgan fingerprint density at radius 1 is 1.21 bits per heavy atom. The van der Waals surface area contributed by atoms with Gasteiger partial charge in [0.15, 0.2) is 0 Å². The maximum Gasteiger partial charge on any atom is 0.122 e. The Morgan fingerprint density at radius 2 is 1.89 bits per heavy atom. The first-order chi connectivity index (χ1) is 9.06. The fourth-order valence-electron chi connectivity index (χ4n) is 1.67. The number of aryl methyl sites for hydroxylation is 1. The van der Waals surface area contributed by atoms with E-state index in [1.807, 2.05) is 19.1 Å². The van der Waals surface area contributed by atoms with Crippen molar-refractivity contribution in [3.8, 4) is 5.75 Å². The molecule has 2 aromatic rings. The van der Waals surface area contributed by atoms with Crippen molar-refractivity contribution in [3.05, 3.63) is 64.2 Å². The van der Waals surface area contributed by atoms with Crippen LogP contribution in [0.1, 0.15) is 21.5 Å². The minimum atomic E-state index is -1.18. The summed E-state index contributed by atoms with van der Waals surface area (Å²) in [5.41, 5.74) is 2.00. The fraction of sp³-hybridized carbons (Fsp3) is 0.133. The number of carboxylic acids is 1. The van der Waals surface area contributed by atoms with Gasteiger partial charge in [-0.1, -0.05) is 35.9 Å². The van der Waals surface area contributed by atoms with E-state index in [0.717, 1.165) is 16.9 Å². The molecule has 0 heterocycles. The number of ether oxygens (including phenoxy) is 1. The van der Waals surface area contributed by atoms with E-state index in [4.69, 9.17) is 16.3 Å². The van der Waals surface area contributed by atoms with Crippen LogP contribution in [0.15, 0.2) is 42.5 Å². The number of carbonyl (C=O) groups is 1. The van der Waals surface area contributed by atoms with Crippen molar-refractivity contribution in [1.29, 1.82) is 0 Å². The van der Waals surface area contributed by atoms with E-state index in [0.29, 0.717) is 11.6 Å². The molecular weight excluding hydrogens is 264 g/mol. The molecule has 0 N–H and O–H groups in total. The maximum atomic E-state index is 10.6. The molecule has 0 radical (unpaired) electrons. The molecule has 0 saturated heterocycles. The summed E-state index contributed by atoms with van der Waals surface area (Å²) < 4.78 is 5.66. The summed E-state index contributed by atoms with van der Waals surface area (Å²) in [7, 11) is 0. The number of carbonyl (C=O) groups excluding carboxylic acids is 1. The Hall–Kier alpha value is -2.00. The first-order valence-corrected chi connectivity index (χ1v) is 6.13. The molecule has 0 aliphatic carbocycles. The van der Waals surface area contributed by atoms with Gasteiger partial charge in [-0.25, -0.2) is 0 Å². The first kappa shape index (κ1) is 13.4. The molecule has 0 aliphatic heterocycles. The Labute approximate surface area is 116 Å². The summed E-state index contributed by atoms with van der Waals surface area (Å²) in [6, 6.07) is 11.8. The standard InChI is InChI=1S/C15H13ClO3/c1-10-8-13(16)6-7-14(10)19-9-11-2-4-12(5-3-11)15(17)18/h2-8H,9H2,1H3,(H,17,18)/p-1. The highest BCUT2D eigenvalue weighted by Crippen LogP contribution is 2.22. The van der Waals surface area contributed by atoms with Crippen LogP contribution >= 0.6 is 11.6 Å². The second kappa shape index (κ2) is 5.76. The SMILES string of the molecule is Cc1cc(Cl)ccc1OCc1ccc(C(=O)[O-])cc1. The predicted molar refractivity (Wildman–Crippen MR) is 71.3 cm³/mol. The Balaban J connectivity index is 2.04. The molecule has 3 nitrogen and oxygen atoms in total. The van der Waals surface area contributed by atoms with Crippen molar-refractivity contribution < 1.29 is 14.6 Å². The fourth-order valence-corrected chi connectivity index (χ4v) is 1.90. The highest BCUT2D eigenvalue weighted by Gasteiger charge is 2.01. The first-order valence-electron chi connectivity index (χ1n) is 5.75. The molecule has 4 heteroatoms. The number of hydrogen-bond acceptors (Lipinski definition) is 3. The summed E-state index contributed by atoms with van der Waals surface area (Å²) in [6.45, 7) is 2.29. The normalized spacial score (nSPS) is 10.2. The molecule has 2 rings (SSSR count). The molecule has 0 spiro atoms. The van der Waals surface area contributed by atoms with Gasteiger partial charge in [-0.2, -0.15) is 0 Å². The number of aromatic carboxylic acids is 1. The summed E-state index contributed by atoms with van der Waals surface area (Å²) in [5.74, 6) is -0.422. The number of rotatable bonds is 4. The van der Waals surface area contributed by atoms with Crippen molar-refractivity contribution in [3.63, 3.8) is 0 Å². The molecule has 0 saturated carbocycles. The lowest BCUT2D eigenvalue weighted by Crippen LogP contribution is -2.22. The minimum Gasteiger partial charge on any atom is -0.545 e. The number of benzene rings is 2. The minimum absolute atomic E-state index is 0.159. The quantitative estimate of drug-likeness (QED) is 0.862. The van der Waals surface area contributed by atoms with Crippen LogP contribution in [0.3, 0.4) is 0 Å². The van der Waals surface area contributed by atoms with Gasteiger partial charge in [-0.3, -0.25) is 0 Å². The van der Waals surface area contributed by atoms with E-state index >= 15 is 0 Å². The molecule has 98 valence electrons. The number of halogens is 1. The van der Waals surface area contributed by atoms with E-state index in [9.17, 15) is 9.90 Å². The molecular formula is C15H12ClO3-. The Morgan fingerprint density at radius 3 is 2.47 bits per heavy atom. The van der Waals surface area contributed by atoms with Crippen molar-refractivity contribution >= 4 is 17.6 Å². The van der Waals surface area contributed by atoms with E-state index in [-0.39, 0.29) is 5.56 Å². The summed E-state index contributed by atoms with van der Waals surface area (Å²) in [4.78, 5) is 10.6. The Bertz CT molecular complexity index is 591. The zero-order chi connectivity index (χ0) is 13.8. The molecule has 19 heavy (non-hydrogen) atoms. The van der Waals surface area contributed by atoms with Gasteiger partial charge in [-0.15, -0.1) is 0 Å². The van der Waals surface area contributed by atoms with Crippen molar-refractivity contribution in [1.82, 2.24) is 0 Å². The zero-order valence-electron chi connectivity index (χ0n) is 10.4. The number of carboxylic acid groups (broad SMARTS) is 1. The van der Waals surface area contributed by atoms with Gasteiger partial charge in [-0.05, 0) is 41.8 Å². The van der Waals surface area contributed by atoms with E-state index in [2.05, 4.69) is 0 Å². The van der Waals surface area contributed by atoms with Crippen LogP contribution in [0.25, 0.3) is 0 Å². The maximum absolute atomic E-state index is 10.6. The zero-order valence-corrected chi connectivity index (χ0v) is 11.1. The third kappa shape index (κ3) is 3.48. The van der Waals surface area contributed by atoms with Crippen LogP contribution in [-0.2, 0) is 6.61 Å². The molecule has 0 fully saturated rings. The largest absolute Gasteiger partial charge is 0.545 e. The molecule has 0 aliphatic rings. The second-order valence-electron chi connectivity index (χ2n) is 4.18. The van der Waals surface area contributed by atoms with Gasteiger partial charge in [0.05, 0.1) is 5.97 Å². The van der Waals surface area contributed by atoms with Crippen LogP contribution in [0, 0.1) is 6.92 Å². The van der Waals surface area contributed by atoms with Gasteiger partial charge in [0.25, 0.3) is 0 Å². The van der Waals surface area contributed by atoms with Crippen molar-refractivity contribution in [2.45, 2.75) is 13.5 Å². The highest BCUT2D eigenvalue weighted by molar-refractivity contribution is 6.30. The van der Waals surface area contributed by atoms with Crippen LogP contribution in [0.4, 0.5) is 0 Å². The molecule has 0 aromatic heterocycles. The highest BCUT2D eigenvalue weighted by atomic mass is 35.5. The van der Waals surface area contributed by atoms with Crippen LogP contribution in [-0.4, -0.2) is 5.97 Å². The number of hydrogen-bond donors (Lipinski definition) is 0. The smallest absolute Gasteiger partial charge is 0.122 e. The lowest BCUT2D eigenvalue weighted by atomic mass is 10.1. The summed E-state index contributed by atoms with van der Waals surface area (Å²) in [6.07, 6.45) is 0. The van der Waals surface area contributed by atoms with E-state index in [1.165, 1.54) is 12.1 Å². The summed E-state index contributed by atoms with van der Waals surface area (Å²) >= 11 is 5.86. The van der Waals surface area contributed by atoms with Gasteiger partial charge < -0.3 is 14.6 Å². The lowest BCUT2D eigenvalue weighted by molar-refractivity contribution is -0.255. The molecule has 0 bridgehead atoms. The van der Waals surface area contributed by atoms with Crippen LogP contribution in [0.5, 0.6) is 5.75 Å². The third-order valence-electron chi connectivity index (χ3n) is 2.72. The van der Waals surface area contributed by atoms with Gasteiger partial charge >= 0.3 is 0 Å². The molecule has 0 atom stereocenters. The summed E-state index contributed by atoms with van der Waals surface area (Å²) in [5, 5.41) is 11.3. The van der Waals surface area contributed by atoms with Crippen molar-refractivity contribution in [2.75, 3.05) is 0 Å². The monoisotopic (exact) mass is 275 g/mol. The lowest BCUT2D eigenvalue weighted by Gasteiger charge is -2.10. The van der Waals surface area contributed by atoms with Gasteiger partial charge in [0, 0.05) is 5.02 Å². The van der Waals surface area contributed by atoms with Crippen molar-refractivity contribution in [2.24, 2.45) is 0 Å². The Kier molecular flexibility index (Phi) is 4.07. The average molecular weight is 276 g/mol. The second-order valence-corrected chi connectivity index (χ2v) is 4.62. The van der Waals surface area contributed by atoms with Gasteiger partial charge in [0.2, 0.25) is 0 Å². The predicted octanol–water partition coefficient (Wildman–Crippen LogP) is 2.59. The molecule has 0 amide bonds. The average Bonchev–Trinajstić information content (AvgIpc) is 2.38. The third-order valence-corrected chi connectivity index (χ3v) is 2.96. The van der Waals surface area contributed by atoms with Crippen LogP contribution < -0.4 is 9.84 Å². The molecule has 2 aromatic carbocycles. The van der Waals surface area contributed by atoms with E-state index in [1.54, 1.807) is 18.2 Å². The van der Waals surface area contributed by atoms with Crippen LogP contribution in [0.2, 0.25) is 5.02 Å². The molecule has 0 unspecified atom stereocenters.